The van der Waals surface area contributed by atoms with Crippen LogP contribution in [0.3, 0.4) is 0 Å². The highest BCUT2D eigenvalue weighted by molar-refractivity contribution is 6.04. The maximum Gasteiger partial charge on any atom is 0.269 e. The summed E-state index contributed by atoms with van der Waals surface area (Å²) in [6.07, 6.45) is 1.88. The number of para-hydroxylation sites is 1. The van der Waals surface area contributed by atoms with Gasteiger partial charge in [0.05, 0.1) is 23.9 Å². The van der Waals surface area contributed by atoms with Gasteiger partial charge in [0.25, 0.3) is 11.5 Å². The first kappa shape index (κ1) is 21.5. The Kier molecular flexibility index (Phi) is 5.40. The van der Waals surface area contributed by atoms with Crippen molar-refractivity contribution < 1.29 is 9.18 Å². The van der Waals surface area contributed by atoms with Crippen LogP contribution in [-0.4, -0.2) is 44.0 Å². The average Bonchev–Trinajstić information content (AvgIpc) is 2.85. The number of amides is 1. The molecule has 0 spiro atoms. The number of hydrogen-bond acceptors (Lipinski definition) is 7. The quantitative estimate of drug-likeness (QED) is 0.472. The maximum absolute atomic E-state index is 14.6. The molecule has 0 saturated carbocycles. The second kappa shape index (κ2) is 8.54. The zero-order valence-corrected chi connectivity index (χ0v) is 18.6. The molecule has 172 valence electrons. The Morgan fingerprint density at radius 1 is 1.12 bits per heavy atom. The van der Waals surface area contributed by atoms with Crippen LogP contribution < -0.4 is 16.2 Å². The number of anilines is 2. The van der Waals surface area contributed by atoms with Gasteiger partial charge in [-0.3, -0.25) is 14.2 Å². The molecular formula is C24H22FN7O2. The average molecular weight is 459 g/mol. The third kappa shape index (κ3) is 3.53. The number of carbonyl (C=O) groups excluding carboxylic acids is 1. The Hall–Kier alpha value is -4.34. The first-order valence-corrected chi connectivity index (χ1v) is 10.9. The molecule has 0 saturated heterocycles. The van der Waals surface area contributed by atoms with Crippen LogP contribution in [0, 0.1) is 5.82 Å². The predicted octanol–water partition coefficient (Wildman–Crippen LogP) is 3.33. The number of halogens is 1. The highest BCUT2D eigenvalue weighted by atomic mass is 19.1. The topological polar surface area (TPSA) is 105 Å². The lowest BCUT2D eigenvalue weighted by Gasteiger charge is -2.28. The Labute approximate surface area is 194 Å². The lowest BCUT2D eigenvalue weighted by Crippen LogP contribution is -2.38. The van der Waals surface area contributed by atoms with Gasteiger partial charge in [-0.05, 0) is 30.7 Å². The Morgan fingerprint density at radius 3 is 2.68 bits per heavy atom. The lowest BCUT2D eigenvalue weighted by molar-refractivity contribution is 0.0796. The fourth-order valence-corrected chi connectivity index (χ4v) is 4.07. The van der Waals surface area contributed by atoms with Crippen molar-refractivity contribution in [3.05, 3.63) is 82.4 Å². The molecule has 2 N–H and O–H groups in total. The van der Waals surface area contributed by atoms with Gasteiger partial charge in [0.2, 0.25) is 0 Å². The molecule has 10 heteroatoms. The van der Waals surface area contributed by atoms with E-state index in [1.807, 2.05) is 13.0 Å². The van der Waals surface area contributed by atoms with Crippen molar-refractivity contribution in [3.63, 3.8) is 0 Å². The molecule has 1 atom stereocenters. The van der Waals surface area contributed by atoms with E-state index in [9.17, 15) is 14.0 Å². The summed E-state index contributed by atoms with van der Waals surface area (Å²) < 4.78 is 16.0. The monoisotopic (exact) mass is 459 g/mol. The van der Waals surface area contributed by atoms with Crippen LogP contribution in [0.15, 0.2) is 59.7 Å². The zero-order chi connectivity index (χ0) is 23.8. The summed E-state index contributed by atoms with van der Waals surface area (Å²) in [5.41, 5.74) is 0.624. The smallest absolute Gasteiger partial charge is 0.269 e. The molecule has 0 aliphatic carbocycles. The van der Waals surface area contributed by atoms with Crippen LogP contribution in [0.2, 0.25) is 0 Å². The molecule has 0 bridgehead atoms. The largest absolute Gasteiger partial charge is 0.359 e. The highest BCUT2D eigenvalue weighted by Crippen LogP contribution is 2.29. The second-order valence-electron chi connectivity index (χ2n) is 7.97. The summed E-state index contributed by atoms with van der Waals surface area (Å²) in [5, 5.41) is 6.30. The van der Waals surface area contributed by atoms with E-state index in [0.717, 1.165) is 0 Å². The first-order chi connectivity index (χ1) is 16.5. The van der Waals surface area contributed by atoms with E-state index in [2.05, 4.69) is 20.6 Å². The molecule has 0 fully saturated rings. The van der Waals surface area contributed by atoms with Gasteiger partial charge in [0.15, 0.2) is 0 Å². The minimum absolute atomic E-state index is 0.0784. The van der Waals surface area contributed by atoms with E-state index in [0.29, 0.717) is 41.8 Å². The van der Waals surface area contributed by atoms with Crippen LogP contribution in [0.25, 0.3) is 16.6 Å². The summed E-state index contributed by atoms with van der Waals surface area (Å²) in [6, 6.07) is 12.8. The molecule has 3 heterocycles. The minimum atomic E-state index is -0.628. The molecule has 2 aromatic carbocycles. The van der Waals surface area contributed by atoms with Gasteiger partial charge < -0.3 is 15.5 Å². The van der Waals surface area contributed by atoms with Gasteiger partial charge in [-0.2, -0.15) is 0 Å². The summed E-state index contributed by atoms with van der Waals surface area (Å²) in [4.78, 5) is 41.1. The Bertz CT molecular complexity index is 1460. The number of rotatable bonds is 5. The maximum atomic E-state index is 14.6. The van der Waals surface area contributed by atoms with Crippen LogP contribution in [0.5, 0.6) is 0 Å². The fourth-order valence-electron chi connectivity index (χ4n) is 4.07. The van der Waals surface area contributed by atoms with Gasteiger partial charge in [-0.25, -0.2) is 19.3 Å². The van der Waals surface area contributed by atoms with Gasteiger partial charge in [0.1, 0.15) is 40.6 Å². The van der Waals surface area contributed by atoms with Gasteiger partial charge in [0, 0.05) is 7.05 Å². The van der Waals surface area contributed by atoms with Gasteiger partial charge >= 0.3 is 0 Å². The number of hydrogen-bond donors (Lipinski definition) is 2. The molecule has 1 aliphatic rings. The summed E-state index contributed by atoms with van der Waals surface area (Å²) in [5.74, 6) is 0.296. The number of nitrogens with one attached hydrogen (secondary N) is 2. The number of benzene rings is 2. The van der Waals surface area contributed by atoms with Crippen molar-refractivity contribution in [3.8, 4) is 5.69 Å². The van der Waals surface area contributed by atoms with Crippen LogP contribution >= 0.6 is 0 Å². The molecule has 5 rings (SSSR count). The Morgan fingerprint density at radius 2 is 1.91 bits per heavy atom. The van der Waals surface area contributed by atoms with Crippen molar-refractivity contribution in [1.82, 2.24) is 24.4 Å². The standard InChI is InChI=1S/C24H22FN7O2/c1-3-16(29-21-19-20(26-12-27-21)28-13-31(2)23(19)33)22-30-17-11-7-10-15(25)18(17)24(34)32(22)14-8-5-4-6-9-14/h4-12,16H,3,13H2,1-2H3,(H2,26,27,28,29)/t16-/m0/s1. The molecule has 1 aliphatic heterocycles. The van der Waals surface area contributed by atoms with Gasteiger partial charge in [-0.15, -0.1) is 0 Å². The fraction of sp³-hybridized carbons (Fsp3) is 0.208. The molecule has 34 heavy (non-hydrogen) atoms. The number of aromatic nitrogens is 4. The SMILES string of the molecule is CC[C@H](Nc1ncnc2c1C(=O)N(C)CN2)c1nc2cccc(F)c2c(=O)n1-c1ccccc1. The highest BCUT2D eigenvalue weighted by Gasteiger charge is 2.29. The molecule has 9 nitrogen and oxygen atoms in total. The van der Waals surface area contributed by atoms with E-state index < -0.39 is 17.4 Å². The summed E-state index contributed by atoms with van der Waals surface area (Å²) >= 11 is 0. The second-order valence-corrected chi connectivity index (χ2v) is 7.97. The van der Waals surface area contributed by atoms with Crippen LogP contribution in [0.1, 0.15) is 35.6 Å². The summed E-state index contributed by atoms with van der Waals surface area (Å²) in [7, 11) is 1.68. The van der Waals surface area contributed by atoms with E-state index in [-0.39, 0.29) is 16.8 Å². The van der Waals surface area contributed by atoms with Crippen molar-refractivity contribution in [2.45, 2.75) is 19.4 Å². The van der Waals surface area contributed by atoms with E-state index in [1.165, 1.54) is 27.9 Å². The number of fused-ring (bicyclic) bond motifs is 2. The van der Waals surface area contributed by atoms with Crippen molar-refractivity contribution in [2.24, 2.45) is 0 Å². The third-order valence-electron chi connectivity index (χ3n) is 5.81. The number of nitrogens with zero attached hydrogens (tertiary/aromatic N) is 5. The van der Waals surface area contributed by atoms with Crippen molar-refractivity contribution in [1.29, 1.82) is 0 Å². The molecular weight excluding hydrogens is 437 g/mol. The van der Waals surface area contributed by atoms with Crippen LogP contribution in [-0.2, 0) is 0 Å². The van der Waals surface area contributed by atoms with Crippen LogP contribution in [0.4, 0.5) is 16.0 Å². The van der Waals surface area contributed by atoms with E-state index in [4.69, 9.17) is 4.98 Å². The number of carbonyl (C=O) groups is 1. The summed E-state index contributed by atoms with van der Waals surface area (Å²) in [6.45, 7) is 2.26. The third-order valence-corrected chi connectivity index (χ3v) is 5.81. The Balaban J connectivity index is 1.70. The zero-order valence-electron chi connectivity index (χ0n) is 18.6. The van der Waals surface area contributed by atoms with E-state index in [1.54, 1.807) is 37.4 Å². The van der Waals surface area contributed by atoms with Crippen molar-refractivity contribution in [2.75, 3.05) is 24.3 Å². The molecule has 0 unspecified atom stereocenters. The van der Waals surface area contributed by atoms with Crippen molar-refractivity contribution >= 4 is 28.4 Å². The minimum Gasteiger partial charge on any atom is -0.359 e. The molecule has 2 aromatic heterocycles. The molecule has 0 radical (unpaired) electrons. The molecule has 1 amide bonds. The first-order valence-electron chi connectivity index (χ1n) is 10.9. The predicted molar refractivity (Wildman–Crippen MR) is 127 cm³/mol. The van der Waals surface area contributed by atoms with Gasteiger partial charge in [-0.1, -0.05) is 31.2 Å². The lowest BCUT2D eigenvalue weighted by atomic mass is 10.1. The van der Waals surface area contributed by atoms with E-state index >= 15 is 0 Å². The normalized spacial score (nSPS) is 14.0. The molecule has 4 aromatic rings.